The number of nitrogens with zero attached hydrogens (tertiary/aromatic N) is 4. The number of hydrogen-bond donors (Lipinski definition) is 0. The summed E-state index contributed by atoms with van der Waals surface area (Å²) in [6, 6.07) is 18.1. The summed E-state index contributed by atoms with van der Waals surface area (Å²) in [7, 11) is 0. The van der Waals surface area contributed by atoms with Crippen LogP contribution in [0.15, 0.2) is 66.7 Å². The summed E-state index contributed by atoms with van der Waals surface area (Å²) in [5.41, 5.74) is 5.68. The first-order valence-corrected chi connectivity index (χ1v) is 12.3. The molecule has 0 bridgehead atoms. The van der Waals surface area contributed by atoms with Crippen molar-refractivity contribution in [3.63, 3.8) is 0 Å². The van der Waals surface area contributed by atoms with E-state index in [4.69, 9.17) is 19.6 Å². The number of ether oxygens (including phenoxy) is 2. The molecule has 7 nitrogen and oxygen atoms in total. The lowest BCUT2D eigenvalue weighted by molar-refractivity contribution is 0.147. The first-order valence-electron chi connectivity index (χ1n) is 12.3. The summed E-state index contributed by atoms with van der Waals surface area (Å²) in [6.45, 7) is 5.83. The smallest absolute Gasteiger partial charge is 0.414 e. The number of carbonyl (C=O) groups excluding carboxylic acids is 1. The van der Waals surface area contributed by atoms with Gasteiger partial charge in [-0.15, -0.1) is 5.10 Å². The van der Waals surface area contributed by atoms with Crippen molar-refractivity contribution in [3.05, 3.63) is 101 Å². The molecule has 0 N–H and O–H groups in total. The molecule has 2 aromatic heterocycles. The molecule has 2 aromatic carbocycles. The van der Waals surface area contributed by atoms with Gasteiger partial charge in [0.05, 0.1) is 24.6 Å². The van der Waals surface area contributed by atoms with Crippen LogP contribution >= 0.6 is 0 Å². The Morgan fingerprint density at radius 2 is 1.89 bits per heavy atom. The molecule has 188 valence electrons. The van der Waals surface area contributed by atoms with Crippen LogP contribution in [0.5, 0.6) is 0 Å². The van der Waals surface area contributed by atoms with Crippen LogP contribution in [0.25, 0.3) is 11.2 Å². The van der Waals surface area contributed by atoms with Gasteiger partial charge in [0.1, 0.15) is 12.4 Å². The zero-order valence-electron chi connectivity index (χ0n) is 20.8. The topological polar surface area (TPSA) is 69.0 Å². The zero-order chi connectivity index (χ0) is 25.6. The fourth-order valence-corrected chi connectivity index (χ4v) is 5.07. The number of hydrogen-bond acceptors (Lipinski definition) is 5. The van der Waals surface area contributed by atoms with Crippen LogP contribution in [0.4, 0.5) is 14.9 Å². The third-order valence-electron chi connectivity index (χ3n) is 6.87. The Morgan fingerprint density at radius 1 is 1.11 bits per heavy atom. The van der Waals surface area contributed by atoms with Gasteiger partial charge in [-0.25, -0.2) is 18.7 Å². The van der Waals surface area contributed by atoms with Gasteiger partial charge in [0.2, 0.25) is 0 Å². The quantitative estimate of drug-likeness (QED) is 0.373. The Hall–Kier alpha value is -4.04. The summed E-state index contributed by atoms with van der Waals surface area (Å²) < 4.78 is 26.6. The van der Waals surface area contributed by atoms with E-state index in [1.54, 1.807) is 17.0 Å². The molecule has 0 atom stereocenters. The number of rotatable bonds is 5. The van der Waals surface area contributed by atoms with E-state index in [1.807, 2.05) is 47.0 Å². The summed E-state index contributed by atoms with van der Waals surface area (Å²) in [5, 5.41) is 4.88. The van der Waals surface area contributed by atoms with Crippen LogP contribution in [-0.4, -0.2) is 40.4 Å². The van der Waals surface area contributed by atoms with E-state index >= 15 is 0 Å². The molecule has 4 aromatic rings. The number of pyridine rings is 1. The van der Waals surface area contributed by atoms with Crippen molar-refractivity contribution < 1.29 is 18.7 Å². The van der Waals surface area contributed by atoms with Crippen molar-refractivity contribution >= 4 is 23.0 Å². The van der Waals surface area contributed by atoms with Crippen LogP contribution in [-0.2, 0) is 27.9 Å². The lowest BCUT2D eigenvalue weighted by Crippen LogP contribution is -2.34. The third kappa shape index (κ3) is 4.38. The normalized spacial score (nSPS) is 16.2. The predicted molar refractivity (Wildman–Crippen MR) is 138 cm³/mol. The largest absolute Gasteiger partial charge is 0.444 e. The van der Waals surface area contributed by atoms with E-state index in [0.29, 0.717) is 32.0 Å². The molecule has 37 heavy (non-hydrogen) atoms. The van der Waals surface area contributed by atoms with E-state index in [1.165, 1.54) is 12.1 Å². The molecule has 0 radical (unpaired) electrons. The molecule has 8 heteroatoms. The minimum Gasteiger partial charge on any atom is -0.444 e. The van der Waals surface area contributed by atoms with Crippen molar-refractivity contribution in [1.82, 2.24) is 14.6 Å². The van der Waals surface area contributed by atoms with E-state index in [9.17, 15) is 9.18 Å². The molecule has 0 saturated heterocycles. The third-order valence-corrected chi connectivity index (χ3v) is 6.87. The van der Waals surface area contributed by atoms with Crippen molar-refractivity contribution in [2.75, 3.05) is 24.7 Å². The molecule has 2 aliphatic rings. The lowest BCUT2D eigenvalue weighted by Gasteiger charge is -2.20. The van der Waals surface area contributed by atoms with Gasteiger partial charge in [0.25, 0.3) is 0 Å². The molecule has 4 heterocycles. The highest BCUT2D eigenvalue weighted by atomic mass is 19.1. The highest BCUT2D eigenvalue weighted by Crippen LogP contribution is 2.42. The summed E-state index contributed by atoms with van der Waals surface area (Å²) in [6.07, 6.45) is 2.10. The second-order valence-electron chi connectivity index (χ2n) is 10.1. The molecule has 6 rings (SSSR count). The zero-order valence-corrected chi connectivity index (χ0v) is 20.8. The van der Waals surface area contributed by atoms with Crippen LogP contribution in [0.2, 0.25) is 0 Å². The molecule has 1 amide bonds. The number of amides is 1. The van der Waals surface area contributed by atoms with Gasteiger partial charge < -0.3 is 9.47 Å². The van der Waals surface area contributed by atoms with Gasteiger partial charge in [-0.3, -0.25) is 4.90 Å². The van der Waals surface area contributed by atoms with Crippen LogP contribution < -0.4 is 4.90 Å². The fraction of sp³-hybridized carbons (Fsp3) is 0.276. The van der Waals surface area contributed by atoms with Crippen molar-refractivity contribution in [2.24, 2.45) is 0 Å². The SMILES string of the molecule is CC1(C)CN(C(=O)OCc2ccccc2)c2cc(Cc3ccc(F)cc3)c3nc(C4=CCOC4)nn3c21. The van der Waals surface area contributed by atoms with Gasteiger partial charge in [0.15, 0.2) is 11.5 Å². The first-order chi connectivity index (χ1) is 17.9. The number of benzene rings is 2. The molecular weight excluding hydrogens is 471 g/mol. The van der Waals surface area contributed by atoms with Crippen molar-refractivity contribution in [3.8, 4) is 0 Å². The second kappa shape index (κ2) is 9.12. The van der Waals surface area contributed by atoms with Gasteiger partial charge in [-0.1, -0.05) is 56.3 Å². The average molecular weight is 499 g/mol. The van der Waals surface area contributed by atoms with E-state index in [-0.39, 0.29) is 17.8 Å². The fourth-order valence-electron chi connectivity index (χ4n) is 5.07. The Morgan fingerprint density at radius 3 is 2.62 bits per heavy atom. The van der Waals surface area contributed by atoms with E-state index in [2.05, 4.69) is 13.8 Å². The minimum atomic E-state index is -0.407. The number of aromatic nitrogens is 3. The molecule has 0 spiro atoms. The minimum absolute atomic E-state index is 0.193. The Kier molecular flexibility index (Phi) is 5.76. The first kappa shape index (κ1) is 23.4. The highest BCUT2D eigenvalue weighted by Gasteiger charge is 2.42. The maximum absolute atomic E-state index is 13.6. The van der Waals surface area contributed by atoms with Crippen LogP contribution in [0.1, 0.15) is 42.1 Å². The van der Waals surface area contributed by atoms with Crippen molar-refractivity contribution in [1.29, 1.82) is 0 Å². The maximum atomic E-state index is 13.6. The lowest BCUT2D eigenvalue weighted by atomic mass is 9.90. The molecule has 2 aliphatic heterocycles. The van der Waals surface area contributed by atoms with E-state index in [0.717, 1.165) is 39.3 Å². The second-order valence-corrected chi connectivity index (χ2v) is 10.1. The van der Waals surface area contributed by atoms with Gasteiger partial charge in [0, 0.05) is 29.5 Å². The standard InChI is InChI=1S/C29H27FN4O3/c1-29(2)18-33(28(35)37-16-20-6-4-3-5-7-20)24-15-22(14-19-8-10-23(30)11-9-19)27-31-26(21-12-13-36-17-21)32-34(27)25(24)29/h3-12,15H,13-14,16-18H2,1-2H3. The monoisotopic (exact) mass is 498 g/mol. The molecule has 0 fully saturated rings. The molecule has 0 unspecified atom stereocenters. The Labute approximate surface area is 214 Å². The molecule has 0 aliphatic carbocycles. The van der Waals surface area contributed by atoms with E-state index < -0.39 is 6.09 Å². The van der Waals surface area contributed by atoms with Crippen molar-refractivity contribution in [2.45, 2.75) is 32.3 Å². The van der Waals surface area contributed by atoms with Crippen LogP contribution in [0.3, 0.4) is 0 Å². The Bertz CT molecular complexity index is 1510. The molecular formula is C29H27FN4O3. The average Bonchev–Trinajstić information content (AvgIpc) is 3.62. The number of carbonyl (C=O) groups is 1. The van der Waals surface area contributed by atoms with Crippen LogP contribution in [0, 0.1) is 5.82 Å². The number of anilines is 1. The number of fused-ring (bicyclic) bond motifs is 3. The summed E-state index contributed by atoms with van der Waals surface area (Å²) in [5.74, 6) is 0.335. The summed E-state index contributed by atoms with van der Waals surface area (Å²) in [4.78, 5) is 19.9. The summed E-state index contributed by atoms with van der Waals surface area (Å²) >= 11 is 0. The molecule has 0 saturated carbocycles. The highest BCUT2D eigenvalue weighted by molar-refractivity contribution is 5.92. The predicted octanol–water partition coefficient (Wildman–Crippen LogP) is 5.31. The van der Waals surface area contributed by atoms with Gasteiger partial charge >= 0.3 is 6.09 Å². The Balaban J connectivity index is 1.43. The van der Waals surface area contributed by atoms with Gasteiger partial charge in [-0.05, 0) is 35.4 Å². The number of halogens is 1. The van der Waals surface area contributed by atoms with Gasteiger partial charge in [-0.2, -0.15) is 0 Å². The maximum Gasteiger partial charge on any atom is 0.414 e.